The molecule has 5 heteroatoms. The van der Waals surface area contributed by atoms with Crippen LogP contribution in [0.5, 0.6) is 0 Å². The van der Waals surface area contributed by atoms with Crippen molar-refractivity contribution in [3.05, 3.63) is 52.6 Å². The first kappa shape index (κ1) is 13.9. The number of allylic oxidation sites excluding steroid dienone is 1. The van der Waals surface area contributed by atoms with Crippen LogP contribution in [0.2, 0.25) is 0 Å². The largest absolute Gasteiger partial charge is 0.466 e. The lowest BCUT2D eigenvalue weighted by molar-refractivity contribution is -0.384. The Labute approximate surface area is 105 Å². The molecule has 0 N–H and O–H groups in total. The van der Waals surface area contributed by atoms with Gasteiger partial charge in [-0.1, -0.05) is 18.2 Å². The number of hydrogen-bond acceptors (Lipinski definition) is 4. The molecule has 0 unspecified atom stereocenters. The van der Waals surface area contributed by atoms with Crippen molar-refractivity contribution in [3.8, 4) is 0 Å². The van der Waals surface area contributed by atoms with E-state index < -0.39 is 4.92 Å². The number of carbonyl (C=O) groups excluding carboxylic acids is 1. The predicted molar refractivity (Wildman–Crippen MR) is 67.3 cm³/mol. The summed E-state index contributed by atoms with van der Waals surface area (Å²) in [6, 6.07) is 6.08. The van der Waals surface area contributed by atoms with Crippen molar-refractivity contribution in [1.29, 1.82) is 0 Å². The van der Waals surface area contributed by atoms with E-state index in [-0.39, 0.29) is 24.0 Å². The number of rotatable bonds is 6. The first-order chi connectivity index (χ1) is 8.58. The monoisotopic (exact) mass is 249 g/mol. The topological polar surface area (TPSA) is 69.4 Å². The van der Waals surface area contributed by atoms with Gasteiger partial charge in [0.1, 0.15) is 0 Å². The number of esters is 1. The average Bonchev–Trinajstić information content (AvgIpc) is 2.36. The molecule has 0 heterocycles. The van der Waals surface area contributed by atoms with E-state index in [2.05, 4.69) is 6.58 Å². The Morgan fingerprint density at radius 2 is 2.11 bits per heavy atom. The summed E-state index contributed by atoms with van der Waals surface area (Å²) in [5, 5.41) is 10.5. The SMILES string of the molecule is C=C[C@H](CC(=O)OCC)c1ccc([N+](=O)[O-])cc1. The Morgan fingerprint density at radius 1 is 1.50 bits per heavy atom. The first-order valence-electron chi connectivity index (χ1n) is 5.61. The zero-order chi connectivity index (χ0) is 13.5. The number of hydrogen-bond donors (Lipinski definition) is 0. The summed E-state index contributed by atoms with van der Waals surface area (Å²) < 4.78 is 4.86. The molecule has 1 aromatic rings. The molecule has 0 saturated heterocycles. The van der Waals surface area contributed by atoms with E-state index in [9.17, 15) is 14.9 Å². The molecular weight excluding hydrogens is 234 g/mol. The maximum absolute atomic E-state index is 11.4. The summed E-state index contributed by atoms with van der Waals surface area (Å²) >= 11 is 0. The lowest BCUT2D eigenvalue weighted by Crippen LogP contribution is -2.09. The number of non-ortho nitro benzene ring substituents is 1. The minimum absolute atomic E-state index is 0.0256. The number of ether oxygens (including phenoxy) is 1. The van der Waals surface area contributed by atoms with E-state index in [1.54, 1.807) is 25.1 Å². The summed E-state index contributed by atoms with van der Waals surface area (Å²) in [4.78, 5) is 21.4. The average molecular weight is 249 g/mol. The van der Waals surface area contributed by atoms with Crippen LogP contribution in [0, 0.1) is 10.1 Å². The third kappa shape index (κ3) is 3.69. The van der Waals surface area contributed by atoms with Gasteiger partial charge in [0.2, 0.25) is 0 Å². The fraction of sp³-hybridized carbons (Fsp3) is 0.308. The van der Waals surface area contributed by atoms with Gasteiger partial charge in [0.05, 0.1) is 18.0 Å². The minimum atomic E-state index is -0.460. The Bertz CT molecular complexity index is 439. The molecule has 1 atom stereocenters. The molecule has 0 aliphatic carbocycles. The molecule has 0 bridgehead atoms. The Morgan fingerprint density at radius 3 is 2.56 bits per heavy atom. The normalized spacial score (nSPS) is 11.6. The maximum Gasteiger partial charge on any atom is 0.306 e. The lowest BCUT2D eigenvalue weighted by atomic mass is 9.96. The number of carbonyl (C=O) groups is 1. The quantitative estimate of drug-likeness (QED) is 0.336. The fourth-order valence-corrected chi connectivity index (χ4v) is 1.58. The predicted octanol–water partition coefficient (Wildman–Crippen LogP) is 2.82. The first-order valence-corrected chi connectivity index (χ1v) is 5.61. The van der Waals surface area contributed by atoms with Crippen molar-refractivity contribution in [1.82, 2.24) is 0 Å². The molecular formula is C13H15NO4. The Kier molecular flexibility index (Phi) is 5.05. The summed E-state index contributed by atoms with van der Waals surface area (Å²) in [6.45, 7) is 5.75. The Hall–Kier alpha value is -2.17. The van der Waals surface area contributed by atoms with Crippen molar-refractivity contribution in [2.45, 2.75) is 19.3 Å². The third-order valence-electron chi connectivity index (χ3n) is 2.51. The van der Waals surface area contributed by atoms with Gasteiger partial charge in [-0.15, -0.1) is 6.58 Å². The van der Waals surface area contributed by atoms with E-state index in [0.717, 1.165) is 5.56 Å². The molecule has 5 nitrogen and oxygen atoms in total. The lowest BCUT2D eigenvalue weighted by Gasteiger charge is -2.11. The van der Waals surface area contributed by atoms with Crippen LogP contribution in [0.3, 0.4) is 0 Å². The van der Waals surface area contributed by atoms with Crippen molar-refractivity contribution in [2.75, 3.05) is 6.61 Å². The molecule has 0 fully saturated rings. The van der Waals surface area contributed by atoms with Gasteiger partial charge in [0.25, 0.3) is 5.69 Å². The van der Waals surface area contributed by atoms with Gasteiger partial charge in [-0.3, -0.25) is 14.9 Å². The second-order valence-electron chi connectivity index (χ2n) is 3.70. The van der Waals surface area contributed by atoms with Crippen LogP contribution in [0.4, 0.5) is 5.69 Å². The fourth-order valence-electron chi connectivity index (χ4n) is 1.58. The van der Waals surface area contributed by atoms with E-state index >= 15 is 0 Å². The van der Waals surface area contributed by atoms with Crippen LogP contribution in [0.15, 0.2) is 36.9 Å². The molecule has 0 spiro atoms. The molecule has 0 aliphatic rings. The Balaban J connectivity index is 2.79. The highest BCUT2D eigenvalue weighted by Crippen LogP contribution is 2.23. The standard InChI is InChI=1S/C13H15NO4/c1-3-10(9-13(15)18-4-2)11-5-7-12(8-6-11)14(16)17/h3,5-8,10H,1,4,9H2,2H3/t10-/m1/s1. The second kappa shape index (κ2) is 6.54. The van der Waals surface area contributed by atoms with Crippen LogP contribution in [-0.2, 0) is 9.53 Å². The van der Waals surface area contributed by atoms with Gasteiger partial charge in [0, 0.05) is 18.1 Å². The maximum atomic E-state index is 11.4. The molecule has 0 radical (unpaired) electrons. The van der Waals surface area contributed by atoms with E-state index in [1.807, 2.05) is 0 Å². The van der Waals surface area contributed by atoms with Gasteiger partial charge in [-0.25, -0.2) is 0 Å². The molecule has 18 heavy (non-hydrogen) atoms. The van der Waals surface area contributed by atoms with Gasteiger partial charge in [-0.2, -0.15) is 0 Å². The summed E-state index contributed by atoms with van der Waals surface area (Å²) in [5.74, 6) is -0.495. The molecule has 1 aromatic carbocycles. The highest BCUT2D eigenvalue weighted by molar-refractivity contribution is 5.71. The van der Waals surface area contributed by atoms with Crippen LogP contribution in [0.1, 0.15) is 24.8 Å². The van der Waals surface area contributed by atoms with Crippen molar-refractivity contribution >= 4 is 11.7 Å². The summed E-state index contributed by atoms with van der Waals surface area (Å²) in [6.07, 6.45) is 1.83. The molecule has 0 aliphatic heterocycles. The second-order valence-corrected chi connectivity index (χ2v) is 3.70. The van der Waals surface area contributed by atoms with Crippen LogP contribution in [-0.4, -0.2) is 17.5 Å². The van der Waals surface area contributed by atoms with Crippen LogP contribution < -0.4 is 0 Å². The number of benzene rings is 1. The van der Waals surface area contributed by atoms with Gasteiger partial charge in [-0.05, 0) is 12.5 Å². The molecule has 0 aromatic heterocycles. The van der Waals surface area contributed by atoms with Crippen molar-refractivity contribution in [3.63, 3.8) is 0 Å². The van der Waals surface area contributed by atoms with E-state index in [4.69, 9.17) is 4.74 Å². The summed E-state index contributed by atoms with van der Waals surface area (Å²) in [7, 11) is 0. The number of nitrogens with zero attached hydrogens (tertiary/aromatic N) is 1. The minimum Gasteiger partial charge on any atom is -0.466 e. The van der Waals surface area contributed by atoms with Crippen molar-refractivity contribution < 1.29 is 14.5 Å². The van der Waals surface area contributed by atoms with Crippen LogP contribution >= 0.6 is 0 Å². The van der Waals surface area contributed by atoms with Gasteiger partial charge in [0.15, 0.2) is 0 Å². The molecule has 1 rings (SSSR count). The number of nitro groups is 1. The highest BCUT2D eigenvalue weighted by atomic mass is 16.6. The zero-order valence-corrected chi connectivity index (χ0v) is 10.2. The smallest absolute Gasteiger partial charge is 0.306 e. The van der Waals surface area contributed by atoms with Gasteiger partial charge >= 0.3 is 5.97 Å². The summed E-state index contributed by atoms with van der Waals surface area (Å²) in [5.41, 5.74) is 0.835. The number of nitro benzene ring substituents is 1. The molecule has 96 valence electrons. The highest BCUT2D eigenvalue weighted by Gasteiger charge is 2.15. The molecule has 0 amide bonds. The van der Waals surface area contributed by atoms with E-state index in [1.165, 1.54) is 12.1 Å². The zero-order valence-electron chi connectivity index (χ0n) is 10.2. The van der Waals surface area contributed by atoms with Crippen molar-refractivity contribution in [2.24, 2.45) is 0 Å². The third-order valence-corrected chi connectivity index (χ3v) is 2.51. The van der Waals surface area contributed by atoms with Gasteiger partial charge < -0.3 is 4.74 Å². The van der Waals surface area contributed by atoms with E-state index in [0.29, 0.717) is 6.61 Å². The molecule has 0 saturated carbocycles. The van der Waals surface area contributed by atoms with Crippen LogP contribution in [0.25, 0.3) is 0 Å².